The van der Waals surface area contributed by atoms with Gasteiger partial charge in [-0.25, -0.2) is 4.79 Å². The molecule has 1 heterocycles. The number of nitrogens with one attached hydrogen (secondary N) is 1. The second-order valence-corrected chi connectivity index (χ2v) is 9.40. The lowest BCUT2D eigenvalue weighted by molar-refractivity contribution is -0.117. The highest BCUT2D eigenvalue weighted by Crippen LogP contribution is 2.31. The second-order valence-electron chi connectivity index (χ2n) is 9.40. The number of nitrogens with zero attached hydrogens (tertiary/aromatic N) is 2. The Morgan fingerprint density at radius 3 is 2.42 bits per heavy atom. The van der Waals surface area contributed by atoms with Crippen molar-refractivity contribution >= 4 is 34.7 Å². The Hall–Kier alpha value is -4.00. The second kappa shape index (κ2) is 11.2. The van der Waals surface area contributed by atoms with Crippen LogP contribution in [0.1, 0.15) is 25.8 Å². The summed E-state index contributed by atoms with van der Waals surface area (Å²) in [5, 5.41) is 2.79. The van der Waals surface area contributed by atoms with E-state index in [1.54, 1.807) is 12.0 Å². The SMILES string of the molecule is COc1ccc(C)c(N2CC(OC(=O)Nc3ccc(N(CC(C)C)c4ccccc4)cc3)CC2=O)c1. The lowest BCUT2D eigenvalue weighted by Gasteiger charge is -2.27. The zero-order valence-corrected chi connectivity index (χ0v) is 21.2. The van der Waals surface area contributed by atoms with E-state index in [1.807, 2.05) is 67.6 Å². The highest BCUT2D eigenvalue weighted by atomic mass is 16.6. The number of rotatable bonds is 8. The number of amides is 2. The van der Waals surface area contributed by atoms with Crippen LogP contribution in [0.15, 0.2) is 72.8 Å². The van der Waals surface area contributed by atoms with E-state index >= 15 is 0 Å². The van der Waals surface area contributed by atoms with Crippen LogP contribution in [-0.2, 0) is 9.53 Å². The van der Waals surface area contributed by atoms with Crippen LogP contribution in [0.5, 0.6) is 5.75 Å². The number of methoxy groups -OCH3 is 1. The van der Waals surface area contributed by atoms with E-state index in [9.17, 15) is 9.59 Å². The molecule has 36 heavy (non-hydrogen) atoms. The van der Waals surface area contributed by atoms with Crippen LogP contribution in [0.3, 0.4) is 0 Å². The van der Waals surface area contributed by atoms with Crippen molar-refractivity contribution < 1.29 is 19.1 Å². The highest BCUT2D eigenvalue weighted by Gasteiger charge is 2.34. The average molecular weight is 488 g/mol. The zero-order chi connectivity index (χ0) is 25.7. The quantitative estimate of drug-likeness (QED) is 0.413. The summed E-state index contributed by atoms with van der Waals surface area (Å²) in [6, 6.07) is 23.5. The summed E-state index contributed by atoms with van der Waals surface area (Å²) in [5.41, 5.74) is 4.51. The molecule has 7 nitrogen and oxygen atoms in total. The van der Waals surface area contributed by atoms with Crippen molar-refractivity contribution in [2.45, 2.75) is 33.3 Å². The van der Waals surface area contributed by atoms with E-state index in [2.05, 4.69) is 36.2 Å². The predicted octanol–water partition coefficient (Wildman–Crippen LogP) is 6.15. The summed E-state index contributed by atoms with van der Waals surface area (Å²) >= 11 is 0. The Morgan fingerprint density at radius 2 is 1.75 bits per heavy atom. The molecule has 1 N–H and O–H groups in total. The molecule has 0 aromatic heterocycles. The molecule has 2 amide bonds. The lowest BCUT2D eigenvalue weighted by Crippen LogP contribution is -2.28. The molecular weight excluding hydrogens is 454 g/mol. The maximum absolute atomic E-state index is 12.6. The van der Waals surface area contributed by atoms with Gasteiger partial charge in [-0.2, -0.15) is 0 Å². The molecular formula is C29H33N3O4. The molecule has 0 saturated carbocycles. The molecule has 188 valence electrons. The molecule has 1 aliphatic heterocycles. The molecule has 1 saturated heterocycles. The molecule has 0 bridgehead atoms. The maximum Gasteiger partial charge on any atom is 0.411 e. The van der Waals surface area contributed by atoms with Crippen molar-refractivity contribution in [3.8, 4) is 5.75 Å². The molecule has 0 radical (unpaired) electrons. The first-order chi connectivity index (χ1) is 17.3. The first-order valence-electron chi connectivity index (χ1n) is 12.2. The summed E-state index contributed by atoms with van der Waals surface area (Å²) in [6.07, 6.45) is -0.960. The number of carbonyl (C=O) groups is 2. The summed E-state index contributed by atoms with van der Waals surface area (Å²) in [6.45, 7) is 7.49. The van der Waals surface area contributed by atoms with E-state index in [0.29, 0.717) is 23.9 Å². The first-order valence-corrected chi connectivity index (χ1v) is 12.2. The van der Waals surface area contributed by atoms with Crippen LogP contribution in [-0.4, -0.2) is 38.3 Å². The topological polar surface area (TPSA) is 71.1 Å². The van der Waals surface area contributed by atoms with Gasteiger partial charge in [0.25, 0.3) is 0 Å². The summed E-state index contributed by atoms with van der Waals surface area (Å²) in [4.78, 5) is 29.1. The standard InChI is InChI=1S/C29H33N3O4/c1-20(2)18-31(23-8-6-5-7-9-23)24-13-11-22(12-14-24)30-29(34)36-26-17-28(33)32(19-26)27-16-25(35-4)15-10-21(27)3/h5-16,20,26H,17-19H2,1-4H3,(H,30,34). The lowest BCUT2D eigenvalue weighted by atomic mass is 10.1. The van der Waals surface area contributed by atoms with E-state index in [0.717, 1.165) is 29.2 Å². The Bertz CT molecular complexity index is 1190. The first kappa shape index (κ1) is 25.1. The fourth-order valence-corrected chi connectivity index (χ4v) is 4.35. The predicted molar refractivity (Wildman–Crippen MR) is 143 cm³/mol. The van der Waals surface area contributed by atoms with Crippen LogP contribution in [0.4, 0.5) is 27.5 Å². The monoisotopic (exact) mass is 487 g/mol. The molecule has 0 aliphatic carbocycles. The number of aryl methyl sites for hydroxylation is 1. The highest BCUT2D eigenvalue weighted by molar-refractivity contribution is 5.97. The van der Waals surface area contributed by atoms with Gasteiger partial charge in [-0.1, -0.05) is 38.1 Å². The van der Waals surface area contributed by atoms with Crippen molar-refractivity contribution in [2.75, 3.05) is 35.3 Å². The normalized spacial score (nSPS) is 15.2. The summed E-state index contributed by atoms with van der Waals surface area (Å²) in [5.74, 6) is 1.07. The van der Waals surface area contributed by atoms with Crippen LogP contribution < -0.4 is 19.9 Å². The third-order valence-corrected chi connectivity index (χ3v) is 6.11. The van der Waals surface area contributed by atoms with Crippen molar-refractivity contribution in [1.29, 1.82) is 0 Å². The third-order valence-electron chi connectivity index (χ3n) is 6.11. The number of benzene rings is 3. The third kappa shape index (κ3) is 5.97. The van der Waals surface area contributed by atoms with Crippen molar-refractivity contribution in [3.63, 3.8) is 0 Å². The van der Waals surface area contributed by atoms with Crippen molar-refractivity contribution in [3.05, 3.63) is 78.4 Å². The van der Waals surface area contributed by atoms with Gasteiger partial charge >= 0.3 is 6.09 Å². The Balaban J connectivity index is 1.38. The van der Waals surface area contributed by atoms with Gasteiger partial charge in [-0.15, -0.1) is 0 Å². The van der Waals surface area contributed by atoms with Gasteiger partial charge in [0.05, 0.1) is 25.8 Å². The fourth-order valence-electron chi connectivity index (χ4n) is 4.35. The van der Waals surface area contributed by atoms with Gasteiger partial charge in [0.1, 0.15) is 11.9 Å². The molecule has 0 spiro atoms. The molecule has 1 unspecified atom stereocenters. The Labute approximate surface area is 212 Å². The minimum Gasteiger partial charge on any atom is -0.497 e. The molecule has 7 heteroatoms. The number of carbonyl (C=O) groups excluding carboxylic acids is 2. The number of ether oxygens (including phenoxy) is 2. The summed E-state index contributed by atoms with van der Waals surface area (Å²) < 4.78 is 10.9. The van der Waals surface area contributed by atoms with Gasteiger partial charge < -0.3 is 19.3 Å². The zero-order valence-electron chi connectivity index (χ0n) is 21.2. The van der Waals surface area contributed by atoms with Crippen LogP contribution in [0, 0.1) is 12.8 Å². The van der Waals surface area contributed by atoms with E-state index in [4.69, 9.17) is 9.47 Å². The van der Waals surface area contributed by atoms with Gasteiger partial charge in [0.15, 0.2) is 0 Å². The largest absolute Gasteiger partial charge is 0.497 e. The van der Waals surface area contributed by atoms with Crippen LogP contribution >= 0.6 is 0 Å². The van der Waals surface area contributed by atoms with Gasteiger partial charge in [0, 0.05) is 29.7 Å². The van der Waals surface area contributed by atoms with Gasteiger partial charge in [0.2, 0.25) is 5.91 Å². The molecule has 3 aromatic rings. The van der Waals surface area contributed by atoms with E-state index in [-0.39, 0.29) is 12.3 Å². The van der Waals surface area contributed by atoms with E-state index in [1.165, 1.54) is 0 Å². The van der Waals surface area contributed by atoms with Gasteiger partial charge in [-0.3, -0.25) is 10.1 Å². The van der Waals surface area contributed by atoms with Crippen LogP contribution in [0.25, 0.3) is 0 Å². The molecule has 3 aromatic carbocycles. The molecule has 1 fully saturated rings. The van der Waals surface area contributed by atoms with Crippen LogP contribution in [0.2, 0.25) is 0 Å². The number of para-hydroxylation sites is 1. The molecule has 4 rings (SSSR count). The maximum atomic E-state index is 12.6. The summed E-state index contributed by atoms with van der Waals surface area (Å²) in [7, 11) is 1.59. The Kier molecular flexibility index (Phi) is 7.78. The minimum atomic E-state index is -0.577. The van der Waals surface area contributed by atoms with Crippen molar-refractivity contribution in [2.24, 2.45) is 5.92 Å². The fraction of sp³-hybridized carbons (Fsp3) is 0.310. The smallest absolute Gasteiger partial charge is 0.411 e. The molecule has 1 atom stereocenters. The Morgan fingerprint density at radius 1 is 1.06 bits per heavy atom. The average Bonchev–Trinajstić information content (AvgIpc) is 3.23. The number of anilines is 4. The minimum absolute atomic E-state index is 0.0836. The number of hydrogen-bond donors (Lipinski definition) is 1. The van der Waals surface area contributed by atoms with Gasteiger partial charge in [-0.05, 0) is 60.9 Å². The van der Waals surface area contributed by atoms with Crippen molar-refractivity contribution in [1.82, 2.24) is 0 Å². The molecule has 1 aliphatic rings. The number of hydrogen-bond acceptors (Lipinski definition) is 5. The van der Waals surface area contributed by atoms with E-state index < -0.39 is 12.2 Å².